The van der Waals surface area contributed by atoms with Gasteiger partial charge in [-0.3, -0.25) is 4.79 Å². The highest BCUT2D eigenvalue weighted by Gasteiger charge is 2.43. The summed E-state index contributed by atoms with van der Waals surface area (Å²) in [6.07, 6.45) is 13.1. The number of aromatic amines is 1. The number of benzene rings is 2. The van der Waals surface area contributed by atoms with E-state index in [0.717, 1.165) is 71.8 Å². The molecule has 1 aliphatic carbocycles. The number of rotatable bonds is 7. The number of H-pyrrole nitrogens is 1. The predicted octanol–water partition coefficient (Wildman–Crippen LogP) is 4.74. The number of hydrogen-bond donors (Lipinski definition) is 2. The van der Waals surface area contributed by atoms with Crippen LogP contribution in [0.15, 0.2) is 71.8 Å². The number of aliphatic hydroxyl groups excluding tert-OH is 1. The fourth-order valence-electron chi connectivity index (χ4n) is 6.12. The number of terminal acetylenes is 1. The van der Waals surface area contributed by atoms with Crippen LogP contribution in [0.3, 0.4) is 0 Å². The van der Waals surface area contributed by atoms with Crippen LogP contribution in [0, 0.1) is 18.3 Å². The third-order valence-electron chi connectivity index (χ3n) is 8.64. The molecule has 5 aromatic rings. The van der Waals surface area contributed by atoms with Gasteiger partial charge in [0, 0.05) is 54.8 Å². The molecule has 212 valence electrons. The van der Waals surface area contributed by atoms with E-state index >= 15 is 0 Å². The Bertz CT molecular complexity index is 1880. The number of aromatic nitrogens is 4. The highest BCUT2D eigenvalue weighted by molar-refractivity contribution is 5.97. The molecule has 1 saturated heterocycles. The third-order valence-corrected chi connectivity index (χ3v) is 8.64. The van der Waals surface area contributed by atoms with Crippen LogP contribution in [0.1, 0.15) is 36.9 Å². The second kappa shape index (κ2) is 10.4. The molecule has 8 nitrogen and oxygen atoms in total. The summed E-state index contributed by atoms with van der Waals surface area (Å²) in [5.74, 6) is 3.77. The lowest BCUT2D eigenvalue weighted by Crippen LogP contribution is -2.39. The van der Waals surface area contributed by atoms with Crippen LogP contribution in [0.4, 0.5) is 5.95 Å². The van der Waals surface area contributed by atoms with Crippen molar-refractivity contribution in [2.45, 2.75) is 37.4 Å². The van der Waals surface area contributed by atoms with E-state index in [0.29, 0.717) is 17.2 Å². The van der Waals surface area contributed by atoms with Crippen LogP contribution >= 0.6 is 0 Å². The molecular formula is C34H33N5O3. The number of ether oxygens (including phenoxy) is 1. The SMILES string of the molecule is C#CC1CCN(c2nc(C(CO)(OC3CC3)c3ccccc3)c3cc(-c4cn(C)c(=O)c5[nH]ccc45)ccc3n2)CC1. The average molecular weight is 560 g/mol. The van der Waals surface area contributed by atoms with Gasteiger partial charge in [0.15, 0.2) is 5.60 Å². The summed E-state index contributed by atoms with van der Waals surface area (Å²) in [7, 11) is 1.76. The molecule has 2 N–H and O–H groups in total. The standard InChI is InChI=1S/C34H33N5O3/c1-3-22-14-17-39(18-15-22)33-36-29-12-9-23(28-20-38(2)32(41)30-26(28)13-16-35-30)19-27(29)31(37-33)34(21-40,42-25-10-11-25)24-7-5-4-6-8-24/h1,4-9,12-13,16,19-20,22,25,35,40H,10-11,14-15,17-18,21H2,2H3. The number of aliphatic hydroxyl groups is 1. The lowest BCUT2D eigenvalue weighted by molar-refractivity contribution is -0.0672. The van der Waals surface area contributed by atoms with Crippen molar-refractivity contribution in [2.75, 3.05) is 24.6 Å². The topological polar surface area (TPSA) is 96.3 Å². The zero-order valence-corrected chi connectivity index (χ0v) is 23.6. The van der Waals surface area contributed by atoms with Crippen molar-refractivity contribution in [3.8, 4) is 23.5 Å². The monoisotopic (exact) mass is 559 g/mol. The van der Waals surface area contributed by atoms with E-state index in [1.807, 2.05) is 54.7 Å². The van der Waals surface area contributed by atoms with Crippen molar-refractivity contribution in [1.82, 2.24) is 19.5 Å². The first-order chi connectivity index (χ1) is 20.5. The molecular weight excluding hydrogens is 526 g/mol. The molecule has 8 heteroatoms. The first kappa shape index (κ1) is 26.4. The van der Waals surface area contributed by atoms with Gasteiger partial charge in [0.05, 0.1) is 23.9 Å². The van der Waals surface area contributed by atoms with Gasteiger partial charge in [-0.15, -0.1) is 12.3 Å². The third kappa shape index (κ3) is 4.46. The van der Waals surface area contributed by atoms with Crippen molar-refractivity contribution in [3.63, 3.8) is 0 Å². The molecule has 0 spiro atoms. The average Bonchev–Trinajstić information content (AvgIpc) is 3.72. The first-order valence-corrected chi connectivity index (χ1v) is 14.6. The summed E-state index contributed by atoms with van der Waals surface area (Å²) in [6, 6.07) is 17.9. The molecule has 1 aliphatic heterocycles. The zero-order valence-electron chi connectivity index (χ0n) is 23.6. The van der Waals surface area contributed by atoms with Crippen molar-refractivity contribution >= 4 is 27.8 Å². The maximum Gasteiger partial charge on any atom is 0.274 e. The van der Waals surface area contributed by atoms with Gasteiger partial charge in [-0.1, -0.05) is 36.4 Å². The molecule has 0 amide bonds. The van der Waals surface area contributed by atoms with E-state index in [2.05, 4.69) is 21.9 Å². The number of aryl methyl sites for hydroxylation is 1. The number of piperidine rings is 1. The van der Waals surface area contributed by atoms with Gasteiger partial charge in [-0.25, -0.2) is 9.97 Å². The number of nitrogens with one attached hydrogen (secondary N) is 1. The Morgan fingerprint density at radius 3 is 2.57 bits per heavy atom. The predicted molar refractivity (Wildman–Crippen MR) is 164 cm³/mol. The van der Waals surface area contributed by atoms with Gasteiger partial charge >= 0.3 is 0 Å². The number of hydrogen-bond acceptors (Lipinski definition) is 6. The smallest absolute Gasteiger partial charge is 0.274 e. The maximum absolute atomic E-state index is 12.8. The van der Waals surface area contributed by atoms with Crippen molar-refractivity contribution in [1.29, 1.82) is 0 Å². The minimum absolute atomic E-state index is 0.0449. The molecule has 42 heavy (non-hydrogen) atoms. The van der Waals surface area contributed by atoms with E-state index in [-0.39, 0.29) is 24.2 Å². The van der Waals surface area contributed by atoms with Gasteiger partial charge in [-0.05, 0) is 55.0 Å². The highest BCUT2D eigenvalue weighted by atomic mass is 16.5. The van der Waals surface area contributed by atoms with Crippen LogP contribution < -0.4 is 10.5 Å². The lowest BCUT2D eigenvalue weighted by Gasteiger charge is -2.35. The number of nitrogens with zero attached hydrogens (tertiary/aromatic N) is 4. The van der Waals surface area contributed by atoms with Crippen molar-refractivity contribution in [2.24, 2.45) is 13.0 Å². The minimum atomic E-state index is -1.18. The van der Waals surface area contributed by atoms with Crippen LogP contribution in [0.2, 0.25) is 0 Å². The van der Waals surface area contributed by atoms with Gasteiger partial charge in [-0.2, -0.15) is 0 Å². The van der Waals surface area contributed by atoms with Gasteiger partial charge in [0.1, 0.15) is 5.52 Å². The maximum atomic E-state index is 12.8. The molecule has 1 atom stereocenters. The summed E-state index contributed by atoms with van der Waals surface area (Å²) in [5, 5.41) is 12.8. The van der Waals surface area contributed by atoms with E-state index < -0.39 is 5.60 Å². The van der Waals surface area contributed by atoms with Gasteiger partial charge in [0.2, 0.25) is 5.95 Å². The fourth-order valence-corrected chi connectivity index (χ4v) is 6.12. The van der Waals surface area contributed by atoms with Crippen LogP contribution in [-0.4, -0.2) is 50.4 Å². The molecule has 2 aromatic carbocycles. The number of fused-ring (bicyclic) bond motifs is 2. The molecule has 4 heterocycles. The second-order valence-electron chi connectivity index (χ2n) is 11.4. The number of pyridine rings is 1. The molecule has 0 bridgehead atoms. The van der Waals surface area contributed by atoms with E-state index in [9.17, 15) is 9.90 Å². The molecule has 2 fully saturated rings. The Labute approximate surface area is 244 Å². The normalized spacial score (nSPS) is 17.4. The Kier molecular flexibility index (Phi) is 6.57. The van der Waals surface area contributed by atoms with Gasteiger partial charge < -0.3 is 24.3 Å². The van der Waals surface area contributed by atoms with Crippen molar-refractivity contribution < 1.29 is 9.84 Å². The second-order valence-corrected chi connectivity index (χ2v) is 11.4. The molecule has 1 unspecified atom stereocenters. The van der Waals surface area contributed by atoms with E-state index in [1.54, 1.807) is 17.8 Å². The molecule has 7 rings (SSSR count). The van der Waals surface area contributed by atoms with Crippen LogP contribution in [-0.2, 0) is 17.4 Å². The fraction of sp³-hybridized carbons (Fsp3) is 0.324. The quantitative estimate of drug-likeness (QED) is 0.280. The lowest BCUT2D eigenvalue weighted by atomic mass is 9.87. The van der Waals surface area contributed by atoms with E-state index in [1.165, 1.54) is 0 Å². The zero-order chi connectivity index (χ0) is 28.8. The van der Waals surface area contributed by atoms with Crippen LogP contribution in [0.5, 0.6) is 0 Å². The highest BCUT2D eigenvalue weighted by Crippen LogP contribution is 2.43. The van der Waals surface area contributed by atoms with E-state index in [4.69, 9.17) is 21.1 Å². The minimum Gasteiger partial charge on any atom is -0.393 e. The number of anilines is 1. The molecule has 2 aliphatic rings. The summed E-state index contributed by atoms with van der Waals surface area (Å²) in [4.78, 5) is 28.3. The van der Waals surface area contributed by atoms with Crippen molar-refractivity contribution in [3.05, 3.63) is 88.6 Å². The molecule has 0 radical (unpaired) electrons. The summed E-state index contributed by atoms with van der Waals surface area (Å²) < 4.78 is 8.35. The Morgan fingerprint density at radius 2 is 1.86 bits per heavy atom. The Morgan fingerprint density at radius 1 is 1.07 bits per heavy atom. The summed E-state index contributed by atoms with van der Waals surface area (Å²) in [5.41, 5.74) is 3.38. The first-order valence-electron chi connectivity index (χ1n) is 14.6. The molecule has 1 saturated carbocycles. The largest absolute Gasteiger partial charge is 0.393 e. The summed E-state index contributed by atoms with van der Waals surface area (Å²) >= 11 is 0. The summed E-state index contributed by atoms with van der Waals surface area (Å²) in [6.45, 7) is 1.26. The Hall–Kier alpha value is -4.45. The molecule has 3 aromatic heterocycles. The van der Waals surface area contributed by atoms with Crippen LogP contribution in [0.25, 0.3) is 32.9 Å². The Balaban J connectivity index is 1.47. The van der Waals surface area contributed by atoms with Gasteiger partial charge in [0.25, 0.3) is 5.56 Å².